The molecular weight excluding hydrogens is 414 g/mol. The van der Waals surface area contributed by atoms with Crippen LogP contribution in [0.15, 0.2) is 84.0 Å². The number of hydrogen-bond acceptors (Lipinski definition) is 6. The molecule has 0 aliphatic heterocycles. The second-order valence-corrected chi connectivity index (χ2v) is 7.76. The molecule has 0 fully saturated rings. The van der Waals surface area contributed by atoms with Gasteiger partial charge in [-0.25, -0.2) is 0 Å². The molecule has 1 unspecified atom stereocenters. The molecule has 0 aliphatic carbocycles. The second kappa shape index (κ2) is 9.50. The Morgan fingerprint density at radius 3 is 2.64 bits per heavy atom. The van der Waals surface area contributed by atoms with Gasteiger partial charge in [0.25, 0.3) is 0 Å². The van der Waals surface area contributed by atoms with Crippen molar-refractivity contribution in [3.8, 4) is 22.4 Å². The molecule has 1 atom stereocenters. The van der Waals surface area contributed by atoms with Gasteiger partial charge < -0.3 is 26.6 Å². The Hall–Kier alpha value is -4.23. The minimum Gasteiger partial charge on any atom is -0.398 e. The number of benzene rings is 2. The number of hydrogen-bond donors (Lipinski definition) is 5. The summed E-state index contributed by atoms with van der Waals surface area (Å²) < 4.78 is 0. The molecule has 33 heavy (non-hydrogen) atoms. The molecular formula is C26H25N5O2. The highest BCUT2D eigenvalue weighted by Crippen LogP contribution is 2.33. The number of pyridine rings is 2. The van der Waals surface area contributed by atoms with Crippen LogP contribution < -0.4 is 16.5 Å². The first-order valence-electron chi connectivity index (χ1n) is 10.5. The van der Waals surface area contributed by atoms with Gasteiger partial charge in [0, 0.05) is 41.0 Å². The van der Waals surface area contributed by atoms with Crippen molar-refractivity contribution in [3.63, 3.8) is 0 Å². The standard InChI is InChI=1S/C26H25N5O2/c1-16(27)20-11-18(7-8-23(20)28)21-12-19(31-24(15-32)17-5-3-2-4-6-17)13-30-26(21)22-14-29-10-9-25(22)33/h2-14,24,27,31-32H,15,28H2,1H3,(H,29,33). The number of anilines is 2. The Balaban J connectivity index is 1.85. The summed E-state index contributed by atoms with van der Waals surface area (Å²) in [7, 11) is 0. The van der Waals surface area contributed by atoms with E-state index in [0.29, 0.717) is 39.5 Å². The lowest BCUT2D eigenvalue weighted by Gasteiger charge is -2.19. The topological polar surface area (TPSA) is 128 Å². The number of H-pyrrole nitrogens is 1. The monoisotopic (exact) mass is 439 g/mol. The smallest absolute Gasteiger partial charge is 0.190 e. The van der Waals surface area contributed by atoms with Crippen molar-refractivity contribution in [2.45, 2.75) is 13.0 Å². The molecule has 2 aromatic heterocycles. The van der Waals surface area contributed by atoms with E-state index in [1.165, 1.54) is 6.07 Å². The molecule has 0 spiro atoms. The summed E-state index contributed by atoms with van der Waals surface area (Å²) >= 11 is 0. The molecule has 0 radical (unpaired) electrons. The van der Waals surface area contributed by atoms with E-state index in [4.69, 9.17) is 11.1 Å². The van der Waals surface area contributed by atoms with Crippen LogP contribution in [0.2, 0.25) is 0 Å². The van der Waals surface area contributed by atoms with E-state index in [2.05, 4.69) is 15.3 Å². The van der Waals surface area contributed by atoms with Crippen LogP contribution in [-0.2, 0) is 0 Å². The predicted octanol–water partition coefficient (Wildman–Crippen LogP) is 4.22. The molecule has 4 rings (SSSR count). The molecule has 2 aromatic carbocycles. The van der Waals surface area contributed by atoms with Gasteiger partial charge in [0.05, 0.1) is 35.8 Å². The summed E-state index contributed by atoms with van der Waals surface area (Å²) in [6, 6.07) is 18.1. The van der Waals surface area contributed by atoms with Crippen LogP contribution in [0.1, 0.15) is 24.1 Å². The predicted molar refractivity (Wildman–Crippen MR) is 133 cm³/mol. The Bertz CT molecular complexity index is 1350. The van der Waals surface area contributed by atoms with Crippen molar-refractivity contribution in [1.29, 1.82) is 5.41 Å². The van der Waals surface area contributed by atoms with Gasteiger partial charge in [0.1, 0.15) is 0 Å². The van der Waals surface area contributed by atoms with Gasteiger partial charge in [-0.1, -0.05) is 36.4 Å². The van der Waals surface area contributed by atoms with E-state index in [1.807, 2.05) is 48.5 Å². The van der Waals surface area contributed by atoms with Crippen molar-refractivity contribution in [3.05, 3.63) is 101 Å². The average Bonchev–Trinajstić information content (AvgIpc) is 2.83. The maximum absolute atomic E-state index is 12.6. The van der Waals surface area contributed by atoms with E-state index < -0.39 is 0 Å². The molecule has 0 bridgehead atoms. The average molecular weight is 440 g/mol. The molecule has 166 valence electrons. The minimum absolute atomic E-state index is 0.0987. The van der Waals surface area contributed by atoms with E-state index in [1.54, 1.807) is 31.6 Å². The molecule has 7 heteroatoms. The van der Waals surface area contributed by atoms with Gasteiger partial charge in [-0.2, -0.15) is 0 Å². The van der Waals surface area contributed by atoms with Crippen molar-refractivity contribution >= 4 is 17.1 Å². The molecule has 7 nitrogen and oxygen atoms in total. The minimum atomic E-state index is -0.322. The number of aromatic nitrogens is 2. The van der Waals surface area contributed by atoms with Crippen molar-refractivity contribution in [2.24, 2.45) is 0 Å². The zero-order chi connectivity index (χ0) is 23.4. The van der Waals surface area contributed by atoms with Crippen LogP contribution in [0.25, 0.3) is 22.4 Å². The first kappa shape index (κ1) is 22.0. The number of rotatable bonds is 7. The fourth-order valence-electron chi connectivity index (χ4n) is 3.75. The number of nitrogen functional groups attached to an aromatic ring is 1. The molecule has 0 saturated heterocycles. The molecule has 6 N–H and O–H groups in total. The SMILES string of the molecule is CC(=N)c1cc(-c2cc(NC(CO)c3ccccc3)cnc2-c2c[nH]ccc2=O)ccc1N. The lowest BCUT2D eigenvalue weighted by molar-refractivity contribution is 0.276. The Labute approximate surface area is 191 Å². The molecule has 0 aliphatic rings. The number of aliphatic hydroxyl groups is 1. The van der Waals surface area contributed by atoms with E-state index >= 15 is 0 Å². The third kappa shape index (κ3) is 4.68. The van der Waals surface area contributed by atoms with E-state index in [9.17, 15) is 9.90 Å². The maximum atomic E-state index is 12.6. The third-order valence-corrected chi connectivity index (χ3v) is 5.46. The Morgan fingerprint density at radius 1 is 1.15 bits per heavy atom. The largest absolute Gasteiger partial charge is 0.398 e. The molecule has 2 heterocycles. The maximum Gasteiger partial charge on any atom is 0.190 e. The first-order chi connectivity index (χ1) is 16.0. The Morgan fingerprint density at radius 2 is 1.94 bits per heavy atom. The zero-order valence-corrected chi connectivity index (χ0v) is 18.2. The normalized spacial score (nSPS) is 11.7. The molecule has 0 saturated carbocycles. The lowest BCUT2D eigenvalue weighted by Crippen LogP contribution is -2.15. The lowest BCUT2D eigenvalue weighted by atomic mass is 9.96. The highest BCUT2D eigenvalue weighted by Gasteiger charge is 2.17. The van der Waals surface area contributed by atoms with Crippen LogP contribution in [0, 0.1) is 5.41 Å². The van der Waals surface area contributed by atoms with Crippen LogP contribution in [0.4, 0.5) is 11.4 Å². The fourth-order valence-corrected chi connectivity index (χ4v) is 3.75. The number of nitrogens with two attached hydrogens (primary N) is 1. The van der Waals surface area contributed by atoms with Crippen LogP contribution >= 0.6 is 0 Å². The van der Waals surface area contributed by atoms with Gasteiger partial charge in [-0.15, -0.1) is 0 Å². The van der Waals surface area contributed by atoms with E-state index in [-0.39, 0.29) is 18.1 Å². The van der Waals surface area contributed by atoms with Crippen molar-refractivity contribution in [2.75, 3.05) is 17.7 Å². The quantitative estimate of drug-likeness (QED) is 0.218. The third-order valence-electron chi connectivity index (χ3n) is 5.46. The van der Waals surface area contributed by atoms with Crippen molar-refractivity contribution < 1.29 is 5.11 Å². The highest BCUT2D eigenvalue weighted by atomic mass is 16.3. The van der Waals surface area contributed by atoms with Crippen LogP contribution in [0.3, 0.4) is 0 Å². The second-order valence-electron chi connectivity index (χ2n) is 7.76. The summed E-state index contributed by atoms with van der Waals surface area (Å²) in [5, 5.41) is 21.3. The molecule has 0 amide bonds. The van der Waals surface area contributed by atoms with Gasteiger partial charge in [-0.3, -0.25) is 9.78 Å². The van der Waals surface area contributed by atoms with Gasteiger partial charge in [0.2, 0.25) is 0 Å². The van der Waals surface area contributed by atoms with Crippen LogP contribution in [-0.4, -0.2) is 27.4 Å². The number of nitrogens with zero attached hydrogens (tertiary/aromatic N) is 1. The first-order valence-corrected chi connectivity index (χ1v) is 10.5. The molecule has 4 aromatic rings. The van der Waals surface area contributed by atoms with Gasteiger partial charge >= 0.3 is 0 Å². The van der Waals surface area contributed by atoms with Gasteiger partial charge in [-0.05, 0) is 36.2 Å². The summed E-state index contributed by atoms with van der Waals surface area (Å²) in [5.74, 6) is 0. The highest BCUT2D eigenvalue weighted by molar-refractivity contribution is 6.02. The number of aliphatic hydroxyl groups excluding tert-OH is 1. The fraction of sp³-hybridized carbons (Fsp3) is 0.115. The summed E-state index contributed by atoms with van der Waals surface area (Å²) in [6.45, 7) is 1.58. The Kier molecular flexibility index (Phi) is 6.33. The summed E-state index contributed by atoms with van der Waals surface area (Å²) in [5.41, 5.74) is 11.5. The summed E-state index contributed by atoms with van der Waals surface area (Å²) in [4.78, 5) is 20.1. The van der Waals surface area contributed by atoms with Crippen LogP contribution in [0.5, 0.6) is 0 Å². The van der Waals surface area contributed by atoms with Crippen molar-refractivity contribution in [1.82, 2.24) is 9.97 Å². The zero-order valence-electron chi connectivity index (χ0n) is 18.2. The number of nitrogens with one attached hydrogen (secondary N) is 3. The van der Waals surface area contributed by atoms with E-state index in [0.717, 1.165) is 11.1 Å². The summed E-state index contributed by atoms with van der Waals surface area (Å²) in [6.07, 6.45) is 4.85. The number of aromatic amines is 1. The van der Waals surface area contributed by atoms with Gasteiger partial charge in [0.15, 0.2) is 5.43 Å².